The summed E-state index contributed by atoms with van der Waals surface area (Å²) in [5, 5.41) is 2.93. The van der Waals surface area contributed by atoms with Gasteiger partial charge in [0.2, 0.25) is 5.91 Å². The Hall–Kier alpha value is -3.35. The number of esters is 2. The molecule has 3 rings (SSSR count). The first kappa shape index (κ1) is 29.2. The lowest BCUT2D eigenvalue weighted by Crippen LogP contribution is -2.53. The Morgan fingerprint density at radius 1 is 0.974 bits per heavy atom. The smallest absolute Gasteiger partial charge is 0.328 e. The van der Waals surface area contributed by atoms with E-state index in [1.807, 2.05) is 96.1 Å². The van der Waals surface area contributed by atoms with Crippen LogP contribution in [0, 0.1) is 16.7 Å². The molecule has 0 bridgehead atoms. The van der Waals surface area contributed by atoms with Crippen LogP contribution in [0.4, 0.5) is 0 Å². The third-order valence-electron chi connectivity index (χ3n) is 7.82. The van der Waals surface area contributed by atoms with E-state index >= 15 is 0 Å². The number of hydrogen-bond acceptors (Lipinski definition) is 6. The predicted octanol–water partition coefficient (Wildman–Crippen LogP) is 5.25. The molecule has 0 saturated heterocycles. The number of benzene rings is 2. The van der Waals surface area contributed by atoms with Gasteiger partial charge in [0.05, 0.1) is 18.4 Å². The minimum absolute atomic E-state index is 0.267. The summed E-state index contributed by atoms with van der Waals surface area (Å²) in [6, 6.07) is 16.5. The van der Waals surface area contributed by atoms with Crippen molar-refractivity contribution in [1.29, 1.82) is 0 Å². The zero-order chi connectivity index (χ0) is 28.1. The molecule has 0 radical (unpaired) electrons. The predicted molar refractivity (Wildman–Crippen MR) is 145 cm³/mol. The largest absolute Gasteiger partial charge is 0.489 e. The number of carbonyl (C=O) groups excluding carboxylic acids is 3. The first-order valence-electron chi connectivity index (χ1n) is 13.1. The van der Waals surface area contributed by atoms with Gasteiger partial charge in [0.1, 0.15) is 24.0 Å². The number of amides is 1. The van der Waals surface area contributed by atoms with Crippen LogP contribution in [-0.2, 0) is 36.9 Å². The Morgan fingerprint density at radius 3 is 2.18 bits per heavy atom. The molecular weight excluding hydrogens is 482 g/mol. The molecule has 1 N–H and O–H groups in total. The van der Waals surface area contributed by atoms with E-state index in [1.165, 1.54) is 7.11 Å². The molecule has 1 fully saturated rings. The van der Waals surface area contributed by atoms with Crippen molar-refractivity contribution in [3.63, 3.8) is 0 Å². The lowest BCUT2D eigenvalue weighted by Gasteiger charge is -2.40. The van der Waals surface area contributed by atoms with Crippen molar-refractivity contribution in [1.82, 2.24) is 5.32 Å². The SMILES string of the molecule is COC(=O)[C@@H](Cc1ccc(OCc2ccccc2)cc1)NC(=O)[C@]1(C)CC[C@H](C(=O)OC(C)(C)C)C1(C)C. The third-order valence-corrected chi connectivity index (χ3v) is 7.82. The molecule has 38 heavy (non-hydrogen) atoms. The zero-order valence-electron chi connectivity index (χ0n) is 23.6. The normalized spacial score (nSPS) is 21.3. The average molecular weight is 524 g/mol. The molecule has 2 aromatic rings. The molecule has 0 aliphatic heterocycles. The average Bonchev–Trinajstić information content (AvgIpc) is 3.11. The van der Waals surface area contributed by atoms with Crippen molar-refractivity contribution in [3.8, 4) is 5.75 Å². The number of hydrogen-bond donors (Lipinski definition) is 1. The van der Waals surface area contributed by atoms with Gasteiger partial charge in [-0.3, -0.25) is 9.59 Å². The van der Waals surface area contributed by atoms with Crippen LogP contribution in [0.15, 0.2) is 54.6 Å². The standard InChI is InChI=1S/C31H41NO6/c1-29(2,3)38-26(33)24-17-18-31(6,30(24,4)5)28(35)32-25(27(34)36-7)19-21-13-15-23(16-14-21)37-20-22-11-9-8-10-12-22/h8-16,24-25H,17-20H2,1-7H3,(H,32,35)/t24-,25-,31+/m1/s1. The summed E-state index contributed by atoms with van der Waals surface area (Å²) in [7, 11) is 1.31. The van der Waals surface area contributed by atoms with Gasteiger partial charge in [-0.25, -0.2) is 4.79 Å². The van der Waals surface area contributed by atoms with Crippen LogP contribution in [0.25, 0.3) is 0 Å². The summed E-state index contributed by atoms with van der Waals surface area (Å²) in [6.45, 7) is 11.7. The van der Waals surface area contributed by atoms with Crippen molar-refractivity contribution in [2.45, 2.75) is 79.1 Å². The third kappa shape index (κ3) is 6.74. The number of rotatable bonds is 9. The molecule has 206 valence electrons. The highest BCUT2D eigenvalue weighted by molar-refractivity contribution is 5.90. The number of nitrogens with one attached hydrogen (secondary N) is 1. The summed E-state index contributed by atoms with van der Waals surface area (Å²) in [6.07, 6.45) is 1.32. The van der Waals surface area contributed by atoms with Crippen molar-refractivity contribution < 1.29 is 28.6 Å². The van der Waals surface area contributed by atoms with Crippen LogP contribution < -0.4 is 10.1 Å². The zero-order valence-corrected chi connectivity index (χ0v) is 23.6. The maximum absolute atomic E-state index is 13.6. The fourth-order valence-electron chi connectivity index (χ4n) is 5.04. The maximum atomic E-state index is 13.6. The number of ether oxygens (including phenoxy) is 3. The Bertz CT molecular complexity index is 1120. The molecule has 1 aliphatic carbocycles. The van der Waals surface area contributed by atoms with Gasteiger partial charge in [0, 0.05) is 6.42 Å². The lowest BCUT2D eigenvalue weighted by atomic mass is 9.65. The summed E-state index contributed by atoms with van der Waals surface area (Å²) in [5.41, 5.74) is -0.210. The topological polar surface area (TPSA) is 90.9 Å². The molecule has 2 aromatic carbocycles. The molecule has 0 spiro atoms. The number of carbonyl (C=O) groups is 3. The molecule has 7 nitrogen and oxygen atoms in total. The van der Waals surface area contributed by atoms with E-state index < -0.39 is 34.4 Å². The molecule has 0 heterocycles. The minimum atomic E-state index is -0.865. The first-order valence-corrected chi connectivity index (χ1v) is 13.1. The fraction of sp³-hybridized carbons (Fsp3) is 0.516. The van der Waals surface area contributed by atoms with Crippen molar-refractivity contribution in [2.24, 2.45) is 16.7 Å². The van der Waals surface area contributed by atoms with Gasteiger partial charge in [-0.15, -0.1) is 0 Å². The van der Waals surface area contributed by atoms with Crippen molar-refractivity contribution >= 4 is 17.8 Å². The van der Waals surface area contributed by atoms with Gasteiger partial charge in [-0.05, 0) is 62.3 Å². The van der Waals surface area contributed by atoms with Gasteiger partial charge < -0.3 is 19.5 Å². The van der Waals surface area contributed by atoms with E-state index in [2.05, 4.69) is 5.32 Å². The minimum Gasteiger partial charge on any atom is -0.489 e. The van der Waals surface area contributed by atoms with Crippen LogP contribution in [0.3, 0.4) is 0 Å². The van der Waals surface area contributed by atoms with Gasteiger partial charge in [-0.1, -0.05) is 63.2 Å². The summed E-state index contributed by atoms with van der Waals surface area (Å²) >= 11 is 0. The quantitative estimate of drug-likeness (QED) is 0.452. The molecular formula is C31H41NO6. The van der Waals surface area contributed by atoms with Crippen LogP contribution in [0.1, 0.15) is 65.5 Å². The Labute approximate surface area is 226 Å². The number of methoxy groups -OCH3 is 1. The fourth-order valence-corrected chi connectivity index (χ4v) is 5.04. The molecule has 0 aromatic heterocycles. The van der Waals surface area contributed by atoms with Crippen molar-refractivity contribution in [3.05, 3.63) is 65.7 Å². The summed E-state index contributed by atoms with van der Waals surface area (Å²) < 4.78 is 16.5. The second kappa shape index (κ2) is 11.6. The Morgan fingerprint density at radius 2 is 1.61 bits per heavy atom. The second-order valence-corrected chi connectivity index (χ2v) is 11.9. The second-order valence-electron chi connectivity index (χ2n) is 11.9. The molecule has 7 heteroatoms. The Balaban J connectivity index is 1.68. The molecule has 3 atom stereocenters. The van der Waals surface area contributed by atoms with Gasteiger partial charge >= 0.3 is 11.9 Å². The van der Waals surface area contributed by atoms with E-state index in [4.69, 9.17) is 14.2 Å². The monoisotopic (exact) mass is 523 g/mol. The van der Waals surface area contributed by atoms with Crippen LogP contribution in [0.5, 0.6) is 5.75 Å². The van der Waals surface area contributed by atoms with Crippen molar-refractivity contribution in [2.75, 3.05) is 7.11 Å². The van der Waals surface area contributed by atoms with E-state index in [-0.39, 0.29) is 18.3 Å². The van der Waals surface area contributed by atoms with E-state index in [1.54, 1.807) is 0 Å². The van der Waals surface area contributed by atoms with Crippen LogP contribution in [0.2, 0.25) is 0 Å². The summed E-state index contributed by atoms with van der Waals surface area (Å²) in [4.78, 5) is 39.2. The first-order chi connectivity index (χ1) is 17.8. The molecule has 1 amide bonds. The van der Waals surface area contributed by atoms with Gasteiger partial charge in [0.15, 0.2) is 0 Å². The van der Waals surface area contributed by atoms with E-state index in [0.29, 0.717) is 25.2 Å². The van der Waals surface area contributed by atoms with Gasteiger partial charge in [-0.2, -0.15) is 0 Å². The van der Waals surface area contributed by atoms with E-state index in [9.17, 15) is 14.4 Å². The van der Waals surface area contributed by atoms with Crippen LogP contribution >= 0.6 is 0 Å². The highest BCUT2D eigenvalue weighted by atomic mass is 16.6. The molecule has 1 aliphatic rings. The molecule has 0 unspecified atom stereocenters. The maximum Gasteiger partial charge on any atom is 0.328 e. The highest BCUT2D eigenvalue weighted by Gasteiger charge is 2.59. The highest BCUT2D eigenvalue weighted by Crippen LogP contribution is 2.56. The van der Waals surface area contributed by atoms with E-state index in [0.717, 1.165) is 11.1 Å². The Kier molecular flexibility index (Phi) is 8.90. The lowest BCUT2D eigenvalue weighted by molar-refractivity contribution is -0.165. The molecule has 1 saturated carbocycles. The summed E-state index contributed by atoms with van der Waals surface area (Å²) in [5.74, 6) is -0.794. The van der Waals surface area contributed by atoms with Crippen LogP contribution in [-0.4, -0.2) is 36.6 Å². The van der Waals surface area contributed by atoms with Gasteiger partial charge in [0.25, 0.3) is 0 Å².